The number of carbonyl (C=O) groups excluding carboxylic acids is 1. The number of aryl methyl sites for hydroxylation is 1. The molecular weight excluding hydrogens is 284 g/mol. The Morgan fingerprint density at radius 2 is 2.10 bits per heavy atom. The van der Waals surface area contributed by atoms with Crippen LogP contribution in [0.1, 0.15) is 22.8 Å². The molecule has 0 aliphatic rings. The van der Waals surface area contributed by atoms with Crippen molar-refractivity contribution in [2.45, 2.75) is 18.7 Å². The molecule has 4 N–H and O–H groups in total. The van der Waals surface area contributed by atoms with Crippen molar-refractivity contribution in [3.05, 3.63) is 48.3 Å². The Kier molecular flexibility index (Phi) is 6.05. The van der Waals surface area contributed by atoms with Gasteiger partial charge in [-0.15, -0.1) is 11.8 Å². The molecule has 0 spiro atoms. The number of hydrogen-bond donors (Lipinski definition) is 2. The highest BCUT2D eigenvalue weighted by atomic mass is 32.2. The summed E-state index contributed by atoms with van der Waals surface area (Å²) in [5.41, 5.74) is 12.8. The molecule has 0 fully saturated rings. The molecule has 0 heterocycles. The standard InChI is InChI=1S/C15H20N4OS/c1-5-7-19(6-2)12-8-10(3)11(9-13(12)21-4)14(20)18-15(16)17/h5-9H,2H2,1,3-4H3,(H4,16,17,18,20)/b7-5-. The van der Waals surface area contributed by atoms with Crippen molar-refractivity contribution < 1.29 is 4.79 Å². The van der Waals surface area contributed by atoms with E-state index in [-0.39, 0.29) is 5.96 Å². The molecule has 5 nitrogen and oxygen atoms in total. The minimum atomic E-state index is -0.439. The van der Waals surface area contributed by atoms with Crippen molar-refractivity contribution >= 4 is 29.3 Å². The van der Waals surface area contributed by atoms with Gasteiger partial charge in [0.2, 0.25) is 0 Å². The summed E-state index contributed by atoms with van der Waals surface area (Å²) < 4.78 is 0. The third kappa shape index (κ3) is 4.13. The number of thioether (sulfide) groups is 1. The van der Waals surface area contributed by atoms with Crippen LogP contribution < -0.4 is 16.4 Å². The first-order chi connectivity index (χ1) is 9.94. The van der Waals surface area contributed by atoms with Crippen molar-refractivity contribution in [1.29, 1.82) is 0 Å². The van der Waals surface area contributed by atoms with Gasteiger partial charge in [0, 0.05) is 22.9 Å². The lowest BCUT2D eigenvalue weighted by molar-refractivity contribution is 0.100. The number of carbonyl (C=O) groups is 1. The fraction of sp³-hybridized carbons (Fsp3) is 0.200. The van der Waals surface area contributed by atoms with Crippen molar-refractivity contribution in [1.82, 2.24) is 0 Å². The lowest BCUT2D eigenvalue weighted by Crippen LogP contribution is -2.24. The molecule has 21 heavy (non-hydrogen) atoms. The molecule has 0 radical (unpaired) electrons. The van der Waals surface area contributed by atoms with Crippen LogP contribution in [0.5, 0.6) is 0 Å². The van der Waals surface area contributed by atoms with Crippen LogP contribution in [-0.4, -0.2) is 18.1 Å². The van der Waals surface area contributed by atoms with E-state index in [1.807, 2.05) is 43.3 Å². The van der Waals surface area contributed by atoms with E-state index in [1.54, 1.807) is 12.3 Å². The number of guanidine groups is 1. The first-order valence-corrected chi connectivity index (χ1v) is 7.53. The number of nitrogens with zero attached hydrogens (tertiary/aromatic N) is 2. The zero-order valence-corrected chi connectivity index (χ0v) is 13.3. The molecule has 0 saturated carbocycles. The van der Waals surface area contributed by atoms with Crippen molar-refractivity contribution in [2.24, 2.45) is 16.5 Å². The molecule has 1 rings (SSSR count). The summed E-state index contributed by atoms with van der Waals surface area (Å²) in [6, 6.07) is 3.72. The molecule has 112 valence electrons. The van der Waals surface area contributed by atoms with Gasteiger partial charge in [-0.2, -0.15) is 4.99 Å². The van der Waals surface area contributed by atoms with E-state index in [0.717, 1.165) is 16.1 Å². The summed E-state index contributed by atoms with van der Waals surface area (Å²) in [7, 11) is 0. The minimum absolute atomic E-state index is 0.240. The molecule has 1 aromatic rings. The summed E-state index contributed by atoms with van der Waals surface area (Å²) >= 11 is 1.54. The molecule has 1 amide bonds. The minimum Gasteiger partial charge on any atom is -0.370 e. The fourth-order valence-electron chi connectivity index (χ4n) is 1.85. The van der Waals surface area contributed by atoms with Crippen LogP contribution in [0.15, 0.2) is 47.1 Å². The molecule has 0 aliphatic carbocycles. The van der Waals surface area contributed by atoms with Gasteiger partial charge < -0.3 is 16.4 Å². The third-order valence-corrected chi connectivity index (χ3v) is 3.54. The molecule has 1 aromatic carbocycles. The van der Waals surface area contributed by atoms with Crippen LogP contribution in [0.4, 0.5) is 5.69 Å². The first-order valence-electron chi connectivity index (χ1n) is 6.30. The summed E-state index contributed by atoms with van der Waals surface area (Å²) in [4.78, 5) is 18.4. The van der Waals surface area contributed by atoms with Gasteiger partial charge in [0.15, 0.2) is 5.96 Å². The fourth-order valence-corrected chi connectivity index (χ4v) is 2.46. The number of allylic oxidation sites excluding steroid dienone is 1. The summed E-state index contributed by atoms with van der Waals surface area (Å²) in [5.74, 6) is -0.679. The summed E-state index contributed by atoms with van der Waals surface area (Å²) in [5, 5.41) is 0. The van der Waals surface area contributed by atoms with E-state index in [9.17, 15) is 4.79 Å². The van der Waals surface area contributed by atoms with Crippen LogP contribution in [0.3, 0.4) is 0 Å². The Balaban J connectivity index is 3.40. The smallest absolute Gasteiger partial charge is 0.280 e. The number of aliphatic imine (C=N–C) groups is 1. The predicted molar refractivity (Wildman–Crippen MR) is 90.6 cm³/mol. The lowest BCUT2D eigenvalue weighted by Gasteiger charge is -2.20. The van der Waals surface area contributed by atoms with Crippen LogP contribution >= 0.6 is 11.8 Å². The highest BCUT2D eigenvalue weighted by molar-refractivity contribution is 7.98. The predicted octanol–water partition coefficient (Wildman–Crippen LogP) is 2.61. The second kappa shape index (κ2) is 7.54. The Hall–Kier alpha value is -2.21. The monoisotopic (exact) mass is 304 g/mol. The zero-order valence-electron chi connectivity index (χ0n) is 12.5. The third-order valence-electron chi connectivity index (χ3n) is 2.77. The highest BCUT2D eigenvalue weighted by Gasteiger charge is 2.15. The van der Waals surface area contributed by atoms with E-state index in [1.165, 1.54) is 11.8 Å². The number of benzene rings is 1. The van der Waals surface area contributed by atoms with Gasteiger partial charge in [-0.25, -0.2) is 0 Å². The molecule has 0 atom stereocenters. The number of hydrogen-bond acceptors (Lipinski definition) is 3. The van der Waals surface area contributed by atoms with E-state index < -0.39 is 5.91 Å². The molecule has 0 aromatic heterocycles. The average Bonchev–Trinajstić information content (AvgIpc) is 2.43. The molecule has 6 heteroatoms. The molecule has 0 aliphatic heterocycles. The Morgan fingerprint density at radius 3 is 2.57 bits per heavy atom. The van der Waals surface area contributed by atoms with E-state index in [4.69, 9.17) is 11.5 Å². The summed E-state index contributed by atoms with van der Waals surface area (Å²) in [6.07, 6.45) is 7.48. The first kappa shape index (κ1) is 16.8. The number of nitrogens with two attached hydrogens (primary N) is 2. The van der Waals surface area contributed by atoms with Gasteiger partial charge in [-0.3, -0.25) is 4.79 Å². The van der Waals surface area contributed by atoms with Gasteiger partial charge in [-0.1, -0.05) is 12.7 Å². The molecule has 0 saturated heterocycles. The Bertz CT molecular complexity index is 604. The van der Waals surface area contributed by atoms with Crippen LogP contribution in [0, 0.1) is 6.92 Å². The van der Waals surface area contributed by atoms with Crippen molar-refractivity contribution in [3.63, 3.8) is 0 Å². The number of anilines is 1. The maximum atomic E-state index is 12.0. The molecule has 0 unspecified atom stereocenters. The van der Waals surface area contributed by atoms with E-state index >= 15 is 0 Å². The van der Waals surface area contributed by atoms with Crippen LogP contribution in [-0.2, 0) is 0 Å². The normalized spacial score (nSPS) is 10.4. The van der Waals surface area contributed by atoms with E-state index in [0.29, 0.717) is 5.56 Å². The summed E-state index contributed by atoms with van der Waals surface area (Å²) in [6.45, 7) is 7.58. The number of rotatable bonds is 5. The van der Waals surface area contributed by atoms with Crippen molar-refractivity contribution in [3.8, 4) is 0 Å². The van der Waals surface area contributed by atoms with Gasteiger partial charge in [0.1, 0.15) is 0 Å². The van der Waals surface area contributed by atoms with Crippen LogP contribution in [0.25, 0.3) is 0 Å². The maximum absolute atomic E-state index is 12.0. The van der Waals surface area contributed by atoms with Gasteiger partial charge in [0.05, 0.1) is 5.69 Å². The second-order valence-corrected chi connectivity index (χ2v) is 5.10. The van der Waals surface area contributed by atoms with Gasteiger partial charge >= 0.3 is 0 Å². The Morgan fingerprint density at radius 1 is 1.43 bits per heavy atom. The average molecular weight is 304 g/mol. The number of amides is 1. The van der Waals surface area contributed by atoms with E-state index in [2.05, 4.69) is 11.6 Å². The largest absolute Gasteiger partial charge is 0.370 e. The molecular formula is C15H20N4OS. The zero-order chi connectivity index (χ0) is 16.0. The lowest BCUT2D eigenvalue weighted by atomic mass is 10.1. The van der Waals surface area contributed by atoms with Crippen molar-refractivity contribution in [2.75, 3.05) is 11.2 Å². The van der Waals surface area contributed by atoms with Crippen LogP contribution in [0.2, 0.25) is 0 Å². The van der Waals surface area contributed by atoms with Gasteiger partial charge in [0.25, 0.3) is 5.91 Å². The maximum Gasteiger partial charge on any atom is 0.280 e. The second-order valence-electron chi connectivity index (χ2n) is 4.25. The Labute approximate surface area is 129 Å². The quantitative estimate of drug-likeness (QED) is 0.496. The SMILES string of the molecule is C=CN(/C=C\C)c1cc(C)c(C(=O)N=C(N)N)cc1SC. The highest BCUT2D eigenvalue weighted by Crippen LogP contribution is 2.32. The topological polar surface area (TPSA) is 84.7 Å². The van der Waals surface area contributed by atoms with Gasteiger partial charge in [-0.05, 0) is 37.8 Å². The molecule has 0 bridgehead atoms.